The van der Waals surface area contributed by atoms with Gasteiger partial charge in [-0.15, -0.1) is 24.8 Å². The van der Waals surface area contributed by atoms with E-state index in [4.69, 9.17) is 0 Å². The number of nitrogens with zero attached hydrogens (tertiary/aromatic N) is 2. The molecule has 1 aliphatic heterocycles. The highest BCUT2D eigenvalue weighted by Crippen LogP contribution is 2.13. The van der Waals surface area contributed by atoms with Gasteiger partial charge in [-0.25, -0.2) is 0 Å². The van der Waals surface area contributed by atoms with Gasteiger partial charge in [0, 0.05) is 31.0 Å². The van der Waals surface area contributed by atoms with Gasteiger partial charge in [0.1, 0.15) is 0 Å². The Bertz CT molecular complexity index is 389. The van der Waals surface area contributed by atoms with Crippen LogP contribution in [0.5, 0.6) is 0 Å². The molecule has 1 saturated heterocycles. The van der Waals surface area contributed by atoms with Crippen LogP contribution in [-0.4, -0.2) is 42.0 Å². The van der Waals surface area contributed by atoms with E-state index in [-0.39, 0.29) is 30.7 Å². The third-order valence-electron chi connectivity index (χ3n) is 3.35. The summed E-state index contributed by atoms with van der Waals surface area (Å²) in [5.74, 6) is 0.104. The number of hydrogen-bond donors (Lipinski definition) is 1. The molecular formula is C13H21Cl2N3O. The van der Waals surface area contributed by atoms with E-state index in [0.717, 1.165) is 31.6 Å². The van der Waals surface area contributed by atoms with Gasteiger partial charge in [0.05, 0.1) is 5.56 Å². The van der Waals surface area contributed by atoms with Crippen molar-refractivity contribution in [3.63, 3.8) is 0 Å². The lowest BCUT2D eigenvalue weighted by molar-refractivity contribution is 0.0707. The fraction of sp³-hybridized carbons (Fsp3) is 0.538. The maximum atomic E-state index is 12.2. The van der Waals surface area contributed by atoms with Crippen LogP contribution < -0.4 is 5.32 Å². The van der Waals surface area contributed by atoms with Crippen LogP contribution >= 0.6 is 24.8 Å². The second-order valence-corrected chi connectivity index (χ2v) is 4.54. The topological polar surface area (TPSA) is 45.2 Å². The number of aryl methyl sites for hydroxylation is 1. The Morgan fingerprint density at radius 1 is 1.32 bits per heavy atom. The van der Waals surface area contributed by atoms with Crippen molar-refractivity contribution in [2.24, 2.45) is 0 Å². The van der Waals surface area contributed by atoms with Crippen LogP contribution in [-0.2, 0) is 0 Å². The maximum absolute atomic E-state index is 12.2. The minimum absolute atomic E-state index is 0. The largest absolute Gasteiger partial charge is 0.338 e. The first-order valence-electron chi connectivity index (χ1n) is 6.10. The molecule has 1 aliphatic rings. The fourth-order valence-electron chi connectivity index (χ4n) is 2.15. The van der Waals surface area contributed by atoms with Crippen molar-refractivity contribution in [2.75, 3.05) is 20.1 Å². The molecule has 1 aromatic heterocycles. The van der Waals surface area contributed by atoms with Crippen molar-refractivity contribution in [3.05, 3.63) is 29.6 Å². The summed E-state index contributed by atoms with van der Waals surface area (Å²) in [6, 6.07) is 4.29. The molecule has 1 fully saturated rings. The SMILES string of the molecule is CNC1CCN(C(=O)c2ccc(C)nc2)CC1.Cl.Cl. The monoisotopic (exact) mass is 305 g/mol. The summed E-state index contributed by atoms with van der Waals surface area (Å²) in [6.45, 7) is 3.59. The quantitative estimate of drug-likeness (QED) is 0.909. The molecular weight excluding hydrogens is 285 g/mol. The molecule has 1 amide bonds. The predicted octanol–water partition coefficient (Wildman–Crippen LogP) is 2.06. The Morgan fingerprint density at radius 2 is 1.95 bits per heavy atom. The van der Waals surface area contributed by atoms with Gasteiger partial charge in [0.2, 0.25) is 0 Å². The highest BCUT2D eigenvalue weighted by molar-refractivity contribution is 5.94. The number of amides is 1. The van der Waals surface area contributed by atoms with Crippen LogP contribution in [0.2, 0.25) is 0 Å². The van der Waals surface area contributed by atoms with E-state index in [0.29, 0.717) is 11.6 Å². The lowest BCUT2D eigenvalue weighted by atomic mass is 10.0. The summed E-state index contributed by atoms with van der Waals surface area (Å²) in [5, 5.41) is 3.26. The average Bonchev–Trinajstić information content (AvgIpc) is 2.39. The van der Waals surface area contributed by atoms with Crippen LogP contribution in [0.15, 0.2) is 18.3 Å². The van der Waals surface area contributed by atoms with Crippen molar-refractivity contribution in [1.29, 1.82) is 0 Å². The average molecular weight is 306 g/mol. The number of aromatic nitrogens is 1. The zero-order chi connectivity index (χ0) is 12.3. The van der Waals surface area contributed by atoms with E-state index in [1.807, 2.05) is 31.0 Å². The van der Waals surface area contributed by atoms with E-state index in [9.17, 15) is 4.79 Å². The molecule has 4 nitrogen and oxygen atoms in total. The number of piperidine rings is 1. The van der Waals surface area contributed by atoms with Gasteiger partial charge in [0.25, 0.3) is 5.91 Å². The fourth-order valence-corrected chi connectivity index (χ4v) is 2.15. The molecule has 0 bridgehead atoms. The lowest BCUT2D eigenvalue weighted by Gasteiger charge is -2.31. The first-order chi connectivity index (χ1) is 8.20. The van der Waals surface area contributed by atoms with Crippen molar-refractivity contribution in [1.82, 2.24) is 15.2 Å². The van der Waals surface area contributed by atoms with Gasteiger partial charge in [-0.05, 0) is 38.9 Å². The number of nitrogens with one attached hydrogen (secondary N) is 1. The summed E-state index contributed by atoms with van der Waals surface area (Å²) < 4.78 is 0. The Balaban J connectivity index is 0.00000162. The number of hydrogen-bond acceptors (Lipinski definition) is 3. The Hall–Kier alpha value is -0.840. The summed E-state index contributed by atoms with van der Waals surface area (Å²) in [4.78, 5) is 18.3. The number of carbonyl (C=O) groups excluding carboxylic acids is 1. The van der Waals surface area contributed by atoms with Crippen molar-refractivity contribution in [3.8, 4) is 0 Å². The summed E-state index contributed by atoms with van der Waals surface area (Å²) in [6.07, 6.45) is 3.73. The second kappa shape index (κ2) is 8.35. The molecule has 0 radical (unpaired) electrons. The minimum atomic E-state index is 0. The molecule has 6 heteroatoms. The van der Waals surface area contributed by atoms with Crippen LogP contribution in [0.25, 0.3) is 0 Å². The van der Waals surface area contributed by atoms with Crippen molar-refractivity contribution in [2.45, 2.75) is 25.8 Å². The van der Waals surface area contributed by atoms with E-state index < -0.39 is 0 Å². The van der Waals surface area contributed by atoms with Crippen molar-refractivity contribution < 1.29 is 4.79 Å². The van der Waals surface area contributed by atoms with Gasteiger partial charge in [-0.3, -0.25) is 9.78 Å². The van der Waals surface area contributed by atoms with E-state index >= 15 is 0 Å². The molecule has 2 heterocycles. The summed E-state index contributed by atoms with van der Waals surface area (Å²) in [5.41, 5.74) is 1.63. The zero-order valence-electron chi connectivity index (χ0n) is 11.3. The maximum Gasteiger partial charge on any atom is 0.255 e. The normalized spacial score (nSPS) is 15.4. The molecule has 2 rings (SSSR count). The molecule has 108 valence electrons. The Morgan fingerprint density at radius 3 is 2.42 bits per heavy atom. The predicted molar refractivity (Wildman–Crippen MR) is 81.5 cm³/mol. The number of pyridine rings is 1. The van der Waals surface area contributed by atoms with Crippen LogP contribution in [0.1, 0.15) is 28.9 Å². The minimum Gasteiger partial charge on any atom is -0.338 e. The molecule has 1 N–H and O–H groups in total. The highest BCUT2D eigenvalue weighted by atomic mass is 35.5. The Labute approximate surface area is 126 Å². The highest BCUT2D eigenvalue weighted by Gasteiger charge is 2.22. The molecule has 0 atom stereocenters. The first kappa shape index (κ1) is 18.2. The molecule has 0 spiro atoms. The standard InChI is InChI=1S/C13H19N3O.2ClH/c1-10-3-4-11(9-15-10)13(17)16-7-5-12(14-2)6-8-16;;/h3-4,9,12,14H,5-8H2,1-2H3;2*1H. The third kappa shape index (κ3) is 4.64. The Kier molecular flexibility index (Phi) is 7.99. The van der Waals surface area contributed by atoms with Gasteiger partial charge in [-0.1, -0.05) is 0 Å². The molecule has 19 heavy (non-hydrogen) atoms. The molecule has 0 aromatic carbocycles. The smallest absolute Gasteiger partial charge is 0.255 e. The number of carbonyl (C=O) groups is 1. The summed E-state index contributed by atoms with van der Waals surface area (Å²) >= 11 is 0. The molecule has 0 aliphatic carbocycles. The van der Waals surface area contributed by atoms with Gasteiger partial charge in [0.15, 0.2) is 0 Å². The van der Waals surface area contributed by atoms with Gasteiger partial charge >= 0.3 is 0 Å². The van der Waals surface area contributed by atoms with E-state index in [1.54, 1.807) is 6.20 Å². The molecule has 1 aromatic rings. The lowest BCUT2D eigenvalue weighted by Crippen LogP contribution is -2.43. The van der Waals surface area contributed by atoms with Gasteiger partial charge < -0.3 is 10.2 Å². The van der Waals surface area contributed by atoms with Gasteiger partial charge in [-0.2, -0.15) is 0 Å². The number of halogens is 2. The zero-order valence-corrected chi connectivity index (χ0v) is 12.9. The number of likely N-dealkylation sites (tertiary alicyclic amines) is 1. The van der Waals surface area contributed by atoms with Crippen molar-refractivity contribution >= 4 is 30.7 Å². The summed E-state index contributed by atoms with van der Waals surface area (Å²) in [7, 11) is 1.98. The van der Waals surface area contributed by atoms with E-state index in [1.165, 1.54) is 0 Å². The molecule has 0 unspecified atom stereocenters. The van der Waals surface area contributed by atoms with Crippen LogP contribution in [0.3, 0.4) is 0 Å². The van der Waals surface area contributed by atoms with Crippen LogP contribution in [0, 0.1) is 6.92 Å². The number of rotatable bonds is 2. The molecule has 0 saturated carbocycles. The van der Waals surface area contributed by atoms with Crippen LogP contribution in [0.4, 0.5) is 0 Å². The second-order valence-electron chi connectivity index (χ2n) is 4.54. The van der Waals surface area contributed by atoms with E-state index in [2.05, 4.69) is 10.3 Å². The first-order valence-corrected chi connectivity index (χ1v) is 6.10. The third-order valence-corrected chi connectivity index (χ3v) is 3.35.